The Morgan fingerprint density at radius 1 is 1.41 bits per heavy atom. The number of benzene rings is 1. The monoisotopic (exact) mass is 328 g/mol. The summed E-state index contributed by atoms with van der Waals surface area (Å²) in [7, 11) is 1.64. The van der Waals surface area contributed by atoms with E-state index in [-0.39, 0.29) is 23.9 Å². The lowest BCUT2D eigenvalue weighted by Crippen LogP contribution is -2.52. The van der Waals surface area contributed by atoms with Crippen LogP contribution in [0.25, 0.3) is 0 Å². The average molecular weight is 329 g/mol. The van der Waals surface area contributed by atoms with Gasteiger partial charge in [-0.1, -0.05) is 26.0 Å². The number of carbonyl (C=O) groups excluding carboxylic acids is 1. The topological polar surface area (TPSA) is 64.3 Å². The summed E-state index contributed by atoms with van der Waals surface area (Å²) in [4.78, 5) is 12.1. The quantitative estimate of drug-likeness (QED) is 0.771. The number of halogens is 1. The number of ether oxygens (including phenoxy) is 1. The van der Waals surface area contributed by atoms with E-state index in [0.717, 1.165) is 17.7 Å². The summed E-state index contributed by atoms with van der Waals surface area (Å²) >= 11 is 0. The van der Waals surface area contributed by atoms with Crippen LogP contribution in [-0.2, 0) is 11.2 Å². The van der Waals surface area contributed by atoms with Gasteiger partial charge in [-0.15, -0.1) is 12.4 Å². The second-order valence-corrected chi connectivity index (χ2v) is 6.26. The Hall–Kier alpha value is -1.26. The van der Waals surface area contributed by atoms with E-state index < -0.39 is 0 Å². The van der Waals surface area contributed by atoms with Crippen molar-refractivity contribution in [2.75, 3.05) is 13.7 Å². The molecule has 1 aromatic carbocycles. The largest absolute Gasteiger partial charge is 0.497 e. The van der Waals surface area contributed by atoms with Crippen molar-refractivity contribution >= 4 is 18.3 Å². The molecule has 0 heterocycles. The zero-order valence-corrected chi connectivity index (χ0v) is 14.8. The fourth-order valence-electron chi connectivity index (χ4n) is 2.57. The van der Waals surface area contributed by atoms with Gasteiger partial charge in [-0.3, -0.25) is 4.79 Å². The van der Waals surface area contributed by atoms with Gasteiger partial charge in [0, 0.05) is 18.5 Å². The zero-order valence-electron chi connectivity index (χ0n) is 14.0. The summed E-state index contributed by atoms with van der Waals surface area (Å²) in [5.41, 5.74) is 6.60. The number of amides is 1. The summed E-state index contributed by atoms with van der Waals surface area (Å²) < 4.78 is 5.19. The number of aryl methyl sites for hydroxylation is 1. The molecular weight excluding hydrogens is 300 g/mol. The number of methoxy groups -OCH3 is 1. The number of hydrogen-bond acceptors (Lipinski definition) is 3. The second kappa shape index (κ2) is 9.70. The van der Waals surface area contributed by atoms with E-state index in [2.05, 4.69) is 19.2 Å². The van der Waals surface area contributed by atoms with Crippen LogP contribution in [0.1, 0.15) is 39.2 Å². The van der Waals surface area contributed by atoms with Gasteiger partial charge in [-0.05, 0) is 43.4 Å². The first kappa shape index (κ1) is 20.7. The van der Waals surface area contributed by atoms with Crippen molar-refractivity contribution in [2.45, 2.75) is 45.6 Å². The van der Waals surface area contributed by atoms with Gasteiger partial charge in [-0.25, -0.2) is 0 Å². The number of nitrogens with two attached hydrogens (primary N) is 1. The van der Waals surface area contributed by atoms with Crippen molar-refractivity contribution in [2.24, 2.45) is 11.7 Å². The molecule has 0 saturated heterocycles. The third-order valence-electron chi connectivity index (χ3n) is 3.53. The summed E-state index contributed by atoms with van der Waals surface area (Å²) in [6, 6.07) is 7.81. The van der Waals surface area contributed by atoms with Gasteiger partial charge in [-0.2, -0.15) is 0 Å². The van der Waals surface area contributed by atoms with Crippen LogP contribution in [0.2, 0.25) is 0 Å². The van der Waals surface area contributed by atoms with Crippen LogP contribution in [0.4, 0.5) is 0 Å². The third-order valence-corrected chi connectivity index (χ3v) is 3.53. The highest BCUT2D eigenvalue weighted by molar-refractivity contribution is 5.85. The molecule has 0 aliphatic rings. The van der Waals surface area contributed by atoms with Crippen LogP contribution < -0.4 is 15.8 Å². The van der Waals surface area contributed by atoms with Crippen LogP contribution >= 0.6 is 12.4 Å². The van der Waals surface area contributed by atoms with Gasteiger partial charge in [0.1, 0.15) is 5.75 Å². The van der Waals surface area contributed by atoms with Crippen LogP contribution in [0, 0.1) is 5.92 Å². The molecule has 1 rings (SSSR count). The number of hydrogen-bond donors (Lipinski definition) is 2. The first-order chi connectivity index (χ1) is 9.88. The lowest BCUT2D eigenvalue weighted by Gasteiger charge is -2.31. The molecule has 5 heteroatoms. The molecule has 0 fully saturated rings. The minimum Gasteiger partial charge on any atom is -0.497 e. The number of rotatable bonds is 8. The van der Waals surface area contributed by atoms with Crippen molar-refractivity contribution in [1.82, 2.24) is 5.32 Å². The molecule has 1 atom stereocenters. The molecule has 0 saturated carbocycles. The first-order valence-electron chi connectivity index (χ1n) is 7.52. The zero-order chi connectivity index (χ0) is 15.9. The highest BCUT2D eigenvalue weighted by atomic mass is 35.5. The molecule has 126 valence electrons. The van der Waals surface area contributed by atoms with Crippen LogP contribution in [0.5, 0.6) is 5.75 Å². The van der Waals surface area contributed by atoms with Crippen LogP contribution in [-0.4, -0.2) is 25.1 Å². The Bertz CT molecular complexity index is 466. The van der Waals surface area contributed by atoms with E-state index in [9.17, 15) is 4.79 Å². The van der Waals surface area contributed by atoms with Crippen molar-refractivity contribution in [3.05, 3.63) is 29.8 Å². The molecule has 0 radical (unpaired) electrons. The molecular formula is C17H29ClN2O2. The van der Waals surface area contributed by atoms with Gasteiger partial charge in [0.2, 0.25) is 5.91 Å². The maximum absolute atomic E-state index is 12.1. The van der Waals surface area contributed by atoms with E-state index >= 15 is 0 Å². The van der Waals surface area contributed by atoms with E-state index in [1.807, 2.05) is 31.2 Å². The molecule has 3 N–H and O–H groups in total. The fourth-order valence-corrected chi connectivity index (χ4v) is 2.57. The molecule has 0 aliphatic heterocycles. The van der Waals surface area contributed by atoms with E-state index in [1.54, 1.807) is 7.11 Å². The maximum atomic E-state index is 12.1. The molecule has 1 amide bonds. The Morgan fingerprint density at radius 2 is 2.09 bits per heavy atom. The molecule has 0 bridgehead atoms. The minimum absolute atomic E-state index is 0. The molecule has 1 aromatic rings. The molecule has 22 heavy (non-hydrogen) atoms. The molecule has 0 aromatic heterocycles. The van der Waals surface area contributed by atoms with Crippen LogP contribution in [0.15, 0.2) is 24.3 Å². The molecule has 0 spiro atoms. The molecule has 4 nitrogen and oxygen atoms in total. The highest BCUT2D eigenvalue weighted by Crippen LogP contribution is 2.17. The van der Waals surface area contributed by atoms with E-state index in [1.165, 1.54) is 0 Å². The van der Waals surface area contributed by atoms with Crippen molar-refractivity contribution in [3.8, 4) is 5.75 Å². The highest BCUT2D eigenvalue weighted by Gasteiger charge is 2.25. The minimum atomic E-state index is -0.320. The first-order valence-corrected chi connectivity index (χ1v) is 7.52. The standard InChI is InChI=1S/C17H28N2O2.ClH/c1-13(2)11-17(3,12-18)19-16(20)9-8-14-6-5-7-15(10-14)21-4;/h5-7,10,13H,8-9,11-12,18H2,1-4H3,(H,19,20);1H. The van der Waals surface area contributed by atoms with Crippen molar-refractivity contribution in [1.29, 1.82) is 0 Å². The Balaban J connectivity index is 0.00000441. The van der Waals surface area contributed by atoms with Gasteiger partial charge < -0.3 is 15.8 Å². The number of nitrogens with one attached hydrogen (secondary N) is 1. The maximum Gasteiger partial charge on any atom is 0.220 e. The van der Waals surface area contributed by atoms with E-state index in [0.29, 0.717) is 25.3 Å². The SMILES string of the molecule is COc1cccc(CCC(=O)NC(C)(CN)CC(C)C)c1.Cl. The van der Waals surface area contributed by atoms with Gasteiger partial charge in [0.25, 0.3) is 0 Å². The van der Waals surface area contributed by atoms with Crippen LogP contribution in [0.3, 0.4) is 0 Å². The molecule has 1 unspecified atom stereocenters. The fraction of sp³-hybridized carbons (Fsp3) is 0.588. The molecule has 0 aliphatic carbocycles. The second-order valence-electron chi connectivity index (χ2n) is 6.26. The normalized spacial score (nSPS) is 13.2. The third kappa shape index (κ3) is 7.14. The van der Waals surface area contributed by atoms with Gasteiger partial charge >= 0.3 is 0 Å². The number of carbonyl (C=O) groups is 1. The van der Waals surface area contributed by atoms with Gasteiger partial charge in [0.05, 0.1) is 7.11 Å². The van der Waals surface area contributed by atoms with Crippen molar-refractivity contribution in [3.63, 3.8) is 0 Å². The summed E-state index contributed by atoms with van der Waals surface area (Å²) in [5.74, 6) is 1.36. The Labute approximate surface area is 140 Å². The summed E-state index contributed by atoms with van der Waals surface area (Å²) in [5, 5.41) is 3.08. The van der Waals surface area contributed by atoms with Gasteiger partial charge in [0.15, 0.2) is 0 Å². The Morgan fingerprint density at radius 3 is 2.64 bits per heavy atom. The summed E-state index contributed by atoms with van der Waals surface area (Å²) in [6.45, 7) is 6.74. The predicted octanol–water partition coefficient (Wildman–Crippen LogP) is 2.93. The predicted molar refractivity (Wildman–Crippen MR) is 93.6 cm³/mol. The van der Waals surface area contributed by atoms with E-state index in [4.69, 9.17) is 10.5 Å². The lowest BCUT2D eigenvalue weighted by atomic mass is 9.90. The van der Waals surface area contributed by atoms with Crippen molar-refractivity contribution < 1.29 is 9.53 Å². The smallest absolute Gasteiger partial charge is 0.220 e. The Kier molecular flexibility index (Phi) is 9.14. The lowest BCUT2D eigenvalue weighted by molar-refractivity contribution is -0.122. The summed E-state index contributed by atoms with van der Waals surface area (Å²) in [6.07, 6.45) is 2.04. The average Bonchev–Trinajstić information content (AvgIpc) is 2.44.